The topological polar surface area (TPSA) is 63.6 Å². The molecular weight excluding hydrogens is 220 g/mol. The molecule has 1 aromatic carbocycles. The van der Waals surface area contributed by atoms with Crippen LogP contribution >= 0.6 is 0 Å². The highest BCUT2D eigenvalue weighted by Gasteiger charge is 2.67. The predicted octanol–water partition coefficient (Wildman–Crippen LogP) is 1.81. The molecule has 0 aromatic heterocycles. The van der Waals surface area contributed by atoms with Crippen LogP contribution in [-0.4, -0.2) is 23.7 Å². The third-order valence-corrected chi connectivity index (χ3v) is 3.18. The minimum absolute atomic E-state index is 0.204. The van der Waals surface area contributed by atoms with Gasteiger partial charge < -0.3 is 9.84 Å². The molecule has 90 valence electrons. The van der Waals surface area contributed by atoms with Gasteiger partial charge in [0.05, 0.1) is 6.61 Å². The Morgan fingerprint density at radius 2 is 2.06 bits per heavy atom. The molecular formula is C13H14O4. The lowest BCUT2D eigenvalue weighted by Gasteiger charge is -2.11. The van der Waals surface area contributed by atoms with Crippen LogP contribution in [0.3, 0.4) is 0 Å². The van der Waals surface area contributed by atoms with Crippen LogP contribution in [-0.2, 0) is 14.3 Å². The minimum Gasteiger partial charge on any atom is -0.480 e. The van der Waals surface area contributed by atoms with Gasteiger partial charge in [0, 0.05) is 5.92 Å². The molecule has 17 heavy (non-hydrogen) atoms. The summed E-state index contributed by atoms with van der Waals surface area (Å²) in [7, 11) is 0. The number of carboxylic acids is 1. The summed E-state index contributed by atoms with van der Waals surface area (Å²) in [6, 6.07) is 9.22. The van der Waals surface area contributed by atoms with E-state index in [4.69, 9.17) is 4.74 Å². The second-order valence-electron chi connectivity index (χ2n) is 4.16. The van der Waals surface area contributed by atoms with Crippen molar-refractivity contribution in [1.82, 2.24) is 0 Å². The zero-order chi connectivity index (χ0) is 12.5. The molecule has 2 rings (SSSR count). The summed E-state index contributed by atoms with van der Waals surface area (Å²) in [5.74, 6) is -1.98. The fourth-order valence-electron chi connectivity index (χ4n) is 2.16. The summed E-state index contributed by atoms with van der Waals surface area (Å²) >= 11 is 0. The van der Waals surface area contributed by atoms with Crippen molar-refractivity contribution in [1.29, 1.82) is 0 Å². The molecule has 1 saturated carbocycles. The van der Waals surface area contributed by atoms with Crippen molar-refractivity contribution in [2.24, 2.45) is 5.41 Å². The van der Waals surface area contributed by atoms with Crippen LogP contribution in [0, 0.1) is 5.41 Å². The van der Waals surface area contributed by atoms with Crippen LogP contribution in [0.25, 0.3) is 0 Å². The van der Waals surface area contributed by atoms with Gasteiger partial charge in [-0.2, -0.15) is 0 Å². The maximum Gasteiger partial charge on any atom is 0.324 e. The first-order valence-corrected chi connectivity index (χ1v) is 5.58. The Morgan fingerprint density at radius 3 is 2.59 bits per heavy atom. The summed E-state index contributed by atoms with van der Waals surface area (Å²) in [5.41, 5.74) is -0.486. The van der Waals surface area contributed by atoms with Crippen molar-refractivity contribution in [3.63, 3.8) is 0 Å². The van der Waals surface area contributed by atoms with Gasteiger partial charge in [-0.15, -0.1) is 0 Å². The van der Waals surface area contributed by atoms with E-state index in [-0.39, 0.29) is 12.5 Å². The Balaban J connectivity index is 2.25. The lowest BCUT2D eigenvalue weighted by Crippen LogP contribution is -2.29. The highest BCUT2D eigenvalue weighted by Crippen LogP contribution is 2.60. The zero-order valence-electron chi connectivity index (χ0n) is 9.55. The quantitative estimate of drug-likeness (QED) is 0.637. The van der Waals surface area contributed by atoms with Crippen LogP contribution in [0.1, 0.15) is 24.8 Å². The van der Waals surface area contributed by atoms with Crippen molar-refractivity contribution in [2.75, 3.05) is 6.61 Å². The minimum atomic E-state index is -1.36. The average Bonchev–Trinajstić information content (AvgIpc) is 3.07. The number of carbonyl (C=O) groups is 2. The first kappa shape index (κ1) is 11.6. The van der Waals surface area contributed by atoms with Gasteiger partial charge in [0.25, 0.3) is 0 Å². The monoisotopic (exact) mass is 234 g/mol. The number of hydrogen-bond acceptors (Lipinski definition) is 3. The first-order chi connectivity index (χ1) is 8.13. The number of benzene rings is 1. The summed E-state index contributed by atoms with van der Waals surface area (Å²) in [6.45, 7) is 1.88. The van der Waals surface area contributed by atoms with E-state index in [9.17, 15) is 14.7 Å². The van der Waals surface area contributed by atoms with Crippen LogP contribution in [0.2, 0.25) is 0 Å². The molecule has 1 fully saturated rings. The highest BCUT2D eigenvalue weighted by atomic mass is 16.5. The molecule has 0 amide bonds. The molecule has 0 heterocycles. The van der Waals surface area contributed by atoms with E-state index in [1.807, 2.05) is 30.3 Å². The maximum atomic E-state index is 11.7. The SMILES string of the molecule is CCOC(=O)C1(C(=O)O)CC1c1ccccc1. The smallest absolute Gasteiger partial charge is 0.324 e. The highest BCUT2D eigenvalue weighted by molar-refractivity contribution is 6.04. The number of hydrogen-bond donors (Lipinski definition) is 1. The predicted molar refractivity (Wildman–Crippen MR) is 60.5 cm³/mol. The lowest BCUT2D eigenvalue weighted by molar-refractivity contribution is -0.161. The fraction of sp³-hybridized carbons (Fsp3) is 0.385. The fourth-order valence-corrected chi connectivity index (χ4v) is 2.16. The number of ether oxygens (including phenoxy) is 1. The Bertz CT molecular complexity index is 440. The summed E-state index contributed by atoms with van der Waals surface area (Å²) < 4.78 is 4.86. The molecule has 4 nitrogen and oxygen atoms in total. The van der Waals surface area contributed by atoms with E-state index < -0.39 is 17.4 Å². The van der Waals surface area contributed by atoms with Gasteiger partial charge in [0.2, 0.25) is 0 Å². The third kappa shape index (κ3) is 1.79. The molecule has 2 atom stereocenters. The van der Waals surface area contributed by atoms with Crippen molar-refractivity contribution in [3.05, 3.63) is 35.9 Å². The summed E-state index contributed by atoms with van der Waals surface area (Å²) in [6.07, 6.45) is 0.325. The molecule has 0 bridgehead atoms. The Morgan fingerprint density at radius 1 is 1.41 bits per heavy atom. The first-order valence-electron chi connectivity index (χ1n) is 5.58. The van der Waals surface area contributed by atoms with Crippen LogP contribution in [0.4, 0.5) is 0 Å². The zero-order valence-corrected chi connectivity index (χ0v) is 9.55. The van der Waals surface area contributed by atoms with Crippen molar-refractivity contribution in [3.8, 4) is 0 Å². The third-order valence-electron chi connectivity index (χ3n) is 3.18. The normalized spacial score (nSPS) is 26.3. The van der Waals surface area contributed by atoms with E-state index in [0.29, 0.717) is 6.42 Å². The number of carbonyl (C=O) groups excluding carboxylic acids is 1. The number of carboxylic acid groups (broad SMARTS) is 1. The van der Waals surface area contributed by atoms with E-state index in [1.165, 1.54) is 0 Å². The van der Waals surface area contributed by atoms with Gasteiger partial charge in [0.1, 0.15) is 0 Å². The Kier molecular flexibility index (Phi) is 2.88. The van der Waals surface area contributed by atoms with E-state index in [0.717, 1.165) is 5.56 Å². The Labute approximate surface area is 99.2 Å². The van der Waals surface area contributed by atoms with Crippen molar-refractivity contribution in [2.45, 2.75) is 19.3 Å². The largest absolute Gasteiger partial charge is 0.480 e. The number of rotatable bonds is 4. The van der Waals surface area contributed by atoms with Gasteiger partial charge >= 0.3 is 11.9 Å². The van der Waals surface area contributed by atoms with Crippen molar-refractivity contribution < 1.29 is 19.4 Å². The van der Waals surface area contributed by atoms with Crippen LogP contribution in [0.15, 0.2) is 30.3 Å². The molecule has 1 aromatic rings. The molecule has 0 spiro atoms. The molecule has 0 saturated heterocycles. The molecule has 4 heteroatoms. The molecule has 1 N–H and O–H groups in total. The van der Waals surface area contributed by atoms with Gasteiger partial charge in [-0.3, -0.25) is 9.59 Å². The van der Waals surface area contributed by atoms with Crippen LogP contribution < -0.4 is 0 Å². The van der Waals surface area contributed by atoms with E-state index in [2.05, 4.69) is 0 Å². The maximum absolute atomic E-state index is 11.7. The van der Waals surface area contributed by atoms with Gasteiger partial charge in [-0.25, -0.2) is 0 Å². The molecule has 0 aliphatic heterocycles. The average molecular weight is 234 g/mol. The van der Waals surface area contributed by atoms with Gasteiger partial charge in [-0.1, -0.05) is 30.3 Å². The number of esters is 1. The van der Waals surface area contributed by atoms with Crippen LogP contribution in [0.5, 0.6) is 0 Å². The summed E-state index contributed by atoms with van der Waals surface area (Å²) in [5, 5.41) is 9.23. The summed E-state index contributed by atoms with van der Waals surface area (Å²) in [4.78, 5) is 23.0. The molecule has 1 aliphatic carbocycles. The Hall–Kier alpha value is -1.84. The van der Waals surface area contributed by atoms with E-state index >= 15 is 0 Å². The standard InChI is InChI=1S/C13H14O4/c1-2-17-12(16)13(11(14)15)8-10(13)9-6-4-3-5-7-9/h3-7,10H,2,8H2,1H3,(H,14,15). The van der Waals surface area contributed by atoms with Gasteiger partial charge in [0.15, 0.2) is 5.41 Å². The van der Waals surface area contributed by atoms with Gasteiger partial charge in [-0.05, 0) is 18.9 Å². The van der Waals surface area contributed by atoms with E-state index in [1.54, 1.807) is 6.92 Å². The molecule has 2 unspecified atom stereocenters. The van der Waals surface area contributed by atoms with Crippen molar-refractivity contribution >= 4 is 11.9 Å². The molecule has 0 radical (unpaired) electrons. The lowest BCUT2D eigenvalue weighted by atomic mass is 9.99. The second-order valence-corrected chi connectivity index (χ2v) is 4.16. The molecule has 1 aliphatic rings. The number of aliphatic carboxylic acids is 1. The second kappa shape index (κ2) is 4.20.